The molecular formula is C22H22N4O4. The molecule has 1 aromatic carbocycles. The Morgan fingerprint density at radius 3 is 2.57 bits per heavy atom. The molecule has 0 fully saturated rings. The molecule has 0 bridgehead atoms. The van der Waals surface area contributed by atoms with E-state index in [0.717, 1.165) is 11.0 Å². The van der Waals surface area contributed by atoms with Gasteiger partial charge in [-0.1, -0.05) is 0 Å². The lowest BCUT2D eigenvalue weighted by atomic mass is 10.2. The van der Waals surface area contributed by atoms with E-state index in [1.165, 1.54) is 0 Å². The summed E-state index contributed by atoms with van der Waals surface area (Å²) in [4.78, 5) is 29.5. The number of anilines is 1. The summed E-state index contributed by atoms with van der Waals surface area (Å²) in [6, 6.07) is 10.7. The molecule has 0 radical (unpaired) electrons. The Balaban J connectivity index is 1.49. The zero-order chi connectivity index (χ0) is 21.1. The lowest BCUT2D eigenvalue weighted by Gasteiger charge is -2.12. The van der Waals surface area contributed by atoms with Crippen LogP contribution in [-0.4, -0.2) is 34.1 Å². The number of aryl methyl sites for hydroxylation is 1. The smallest absolute Gasteiger partial charge is 0.275 e. The molecule has 3 aromatic heterocycles. The fourth-order valence-electron chi connectivity index (χ4n) is 3.53. The van der Waals surface area contributed by atoms with Crippen LogP contribution in [0.25, 0.3) is 16.6 Å². The van der Waals surface area contributed by atoms with Gasteiger partial charge in [0.05, 0.1) is 31.4 Å². The summed E-state index contributed by atoms with van der Waals surface area (Å²) in [5.74, 6) is 1.04. The minimum absolute atomic E-state index is 0.0987. The van der Waals surface area contributed by atoms with Crippen molar-refractivity contribution in [1.82, 2.24) is 14.0 Å². The summed E-state index contributed by atoms with van der Waals surface area (Å²) in [6.45, 7) is 0.414. The van der Waals surface area contributed by atoms with Gasteiger partial charge in [0.25, 0.3) is 5.56 Å². The van der Waals surface area contributed by atoms with Gasteiger partial charge in [0.2, 0.25) is 5.91 Å². The third kappa shape index (κ3) is 3.71. The lowest BCUT2D eigenvalue weighted by Crippen LogP contribution is -2.23. The number of benzene rings is 1. The van der Waals surface area contributed by atoms with Gasteiger partial charge in [-0.2, -0.15) is 0 Å². The van der Waals surface area contributed by atoms with Crippen molar-refractivity contribution < 1.29 is 14.3 Å². The number of hydrogen-bond donors (Lipinski definition) is 1. The number of pyridine rings is 1. The summed E-state index contributed by atoms with van der Waals surface area (Å²) in [5, 5.41) is 2.85. The number of aromatic nitrogens is 3. The maximum atomic E-state index is 12.9. The summed E-state index contributed by atoms with van der Waals surface area (Å²) in [6.07, 6.45) is 6.01. The molecule has 30 heavy (non-hydrogen) atoms. The van der Waals surface area contributed by atoms with Crippen LogP contribution in [0.1, 0.15) is 12.8 Å². The number of methoxy groups -OCH3 is 2. The largest absolute Gasteiger partial charge is 0.497 e. The molecular weight excluding hydrogens is 384 g/mol. The Morgan fingerprint density at radius 2 is 1.83 bits per heavy atom. The molecule has 0 aliphatic heterocycles. The Labute approximate surface area is 172 Å². The third-order valence-electron chi connectivity index (χ3n) is 4.96. The maximum Gasteiger partial charge on any atom is 0.275 e. The van der Waals surface area contributed by atoms with Crippen LogP contribution in [0.4, 0.5) is 5.69 Å². The number of amides is 1. The number of hydrogen-bond acceptors (Lipinski definition) is 5. The van der Waals surface area contributed by atoms with Crippen LogP contribution in [-0.2, 0) is 11.3 Å². The number of rotatable bonds is 7. The van der Waals surface area contributed by atoms with Crippen LogP contribution in [0.3, 0.4) is 0 Å². The molecule has 0 unspecified atom stereocenters. The van der Waals surface area contributed by atoms with Crippen molar-refractivity contribution >= 4 is 28.1 Å². The minimum atomic E-state index is -0.149. The normalized spacial score (nSPS) is 11.0. The van der Waals surface area contributed by atoms with E-state index in [9.17, 15) is 9.59 Å². The van der Waals surface area contributed by atoms with Crippen molar-refractivity contribution in [2.75, 3.05) is 19.5 Å². The fourth-order valence-corrected chi connectivity index (χ4v) is 3.53. The second kappa shape index (κ2) is 8.28. The third-order valence-corrected chi connectivity index (χ3v) is 4.96. The van der Waals surface area contributed by atoms with Gasteiger partial charge in [0.1, 0.15) is 17.0 Å². The van der Waals surface area contributed by atoms with E-state index in [1.54, 1.807) is 55.4 Å². The molecule has 1 amide bonds. The SMILES string of the molecule is COc1cc(NC(=O)CCCn2c(=O)c3cccn3c3ccncc32)cc(OC)c1. The van der Waals surface area contributed by atoms with Crippen molar-refractivity contribution in [2.24, 2.45) is 0 Å². The van der Waals surface area contributed by atoms with Crippen molar-refractivity contribution in [3.63, 3.8) is 0 Å². The molecule has 0 spiro atoms. The van der Waals surface area contributed by atoms with Crippen molar-refractivity contribution in [3.05, 3.63) is 65.3 Å². The summed E-state index contributed by atoms with van der Waals surface area (Å²) in [7, 11) is 3.11. The first-order valence-electron chi connectivity index (χ1n) is 9.57. The summed E-state index contributed by atoms with van der Waals surface area (Å²) < 4.78 is 14.0. The van der Waals surface area contributed by atoms with Crippen molar-refractivity contribution in [3.8, 4) is 11.5 Å². The molecule has 0 aliphatic rings. The van der Waals surface area contributed by atoms with Crippen LogP contribution < -0.4 is 20.3 Å². The Kier molecular flexibility index (Phi) is 5.38. The van der Waals surface area contributed by atoms with Crippen LogP contribution >= 0.6 is 0 Å². The van der Waals surface area contributed by atoms with E-state index >= 15 is 0 Å². The Hall–Kier alpha value is -3.81. The second-order valence-corrected chi connectivity index (χ2v) is 6.84. The maximum absolute atomic E-state index is 12.9. The first-order valence-corrected chi connectivity index (χ1v) is 9.57. The average molecular weight is 406 g/mol. The number of carbonyl (C=O) groups is 1. The number of nitrogens with one attached hydrogen (secondary N) is 1. The van der Waals surface area contributed by atoms with Crippen LogP contribution in [0.15, 0.2) is 59.8 Å². The zero-order valence-corrected chi connectivity index (χ0v) is 16.8. The quantitative estimate of drug-likeness (QED) is 0.510. The van der Waals surface area contributed by atoms with Gasteiger partial charge < -0.3 is 23.8 Å². The van der Waals surface area contributed by atoms with Gasteiger partial charge in [-0.05, 0) is 24.6 Å². The Morgan fingerprint density at radius 1 is 1.07 bits per heavy atom. The molecule has 4 aromatic rings. The van der Waals surface area contributed by atoms with E-state index in [0.29, 0.717) is 35.7 Å². The predicted molar refractivity (Wildman–Crippen MR) is 114 cm³/mol. The summed E-state index contributed by atoms with van der Waals surface area (Å²) in [5.41, 5.74) is 2.74. The standard InChI is InChI=1S/C22H22N4O4/c1-29-16-11-15(12-17(13-16)30-2)24-21(27)6-4-10-26-20-14-23-8-7-18(20)25-9-3-5-19(25)22(26)28/h3,5,7-9,11-14H,4,6,10H2,1-2H3,(H,24,27). The number of fused-ring (bicyclic) bond motifs is 3. The number of ether oxygens (including phenoxy) is 2. The molecule has 1 N–H and O–H groups in total. The first-order chi connectivity index (χ1) is 14.6. The van der Waals surface area contributed by atoms with Crippen molar-refractivity contribution in [2.45, 2.75) is 19.4 Å². The highest BCUT2D eigenvalue weighted by Gasteiger charge is 2.11. The highest BCUT2D eigenvalue weighted by Crippen LogP contribution is 2.26. The molecule has 154 valence electrons. The van der Waals surface area contributed by atoms with Crippen molar-refractivity contribution in [1.29, 1.82) is 0 Å². The second-order valence-electron chi connectivity index (χ2n) is 6.84. The summed E-state index contributed by atoms with van der Waals surface area (Å²) >= 11 is 0. The van der Waals surface area contributed by atoms with E-state index in [-0.39, 0.29) is 17.9 Å². The van der Waals surface area contributed by atoms with E-state index in [4.69, 9.17) is 9.47 Å². The van der Waals surface area contributed by atoms with Gasteiger partial charge in [0.15, 0.2) is 0 Å². The van der Waals surface area contributed by atoms with Gasteiger partial charge in [-0.25, -0.2) is 0 Å². The molecule has 0 saturated carbocycles. The van der Waals surface area contributed by atoms with Crippen LogP contribution in [0, 0.1) is 0 Å². The molecule has 0 aliphatic carbocycles. The molecule has 8 nitrogen and oxygen atoms in total. The molecule has 0 atom stereocenters. The van der Waals surface area contributed by atoms with E-state index < -0.39 is 0 Å². The highest BCUT2D eigenvalue weighted by atomic mass is 16.5. The molecule has 3 heterocycles. The average Bonchev–Trinajstić information content (AvgIpc) is 3.26. The number of nitrogens with zero attached hydrogens (tertiary/aromatic N) is 3. The topological polar surface area (TPSA) is 86.9 Å². The highest BCUT2D eigenvalue weighted by molar-refractivity contribution is 5.91. The van der Waals surface area contributed by atoms with E-state index in [1.807, 2.05) is 22.7 Å². The number of carbonyl (C=O) groups excluding carboxylic acids is 1. The zero-order valence-electron chi connectivity index (χ0n) is 16.8. The minimum Gasteiger partial charge on any atom is -0.497 e. The Bertz CT molecular complexity index is 1250. The van der Waals surface area contributed by atoms with Gasteiger partial charge in [-0.15, -0.1) is 0 Å². The van der Waals surface area contributed by atoms with Crippen LogP contribution in [0.2, 0.25) is 0 Å². The molecule has 4 rings (SSSR count). The first kappa shape index (κ1) is 19.5. The molecule has 8 heteroatoms. The lowest BCUT2D eigenvalue weighted by molar-refractivity contribution is -0.116. The van der Waals surface area contributed by atoms with Gasteiger partial charge in [-0.3, -0.25) is 14.6 Å². The van der Waals surface area contributed by atoms with Gasteiger partial charge >= 0.3 is 0 Å². The molecule has 0 saturated heterocycles. The van der Waals surface area contributed by atoms with E-state index in [2.05, 4.69) is 10.3 Å². The fraction of sp³-hybridized carbons (Fsp3) is 0.227. The predicted octanol–water partition coefficient (Wildman–Crippen LogP) is 3.09. The van der Waals surface area contributed by atoms with Gasteiger partial charge in [0, 0.05) is 49.2 Å². The monoisotopic (exact) mass is 406 g/mol. The van der Waals surface area contributed by atoms with Crippen LogP contribution in [0.5, 0.6) is 11.5 Å².